The molecule has 124 valence electrons. The highest BCUT2D eigenvalue weighted by atomic mass is 19.4. The third-order valence-corrected chi connectivity index (χ3v) is 3.83. The van der Waals surface area contributed by atoms with Crippen LogP contribution in [0.4, 0.5) is 17.6 Å². The quantitative estimate of drug-likeness (QED) is 0.531. The molecule has 0 atom stereocenters. The molecule has 0 aromatic heterocycles. The average molecular weight is 338 g/mol. The zero-order chi connectivity index (χ0) is 17.5. The molecular formula is C16H11BF4O3. The van der Waals surface area contributed by atoms with Crippen LogP contribution >= 0.6 is 0 Å². The summed E-state index contributed by atoms with van der Waals surface area (Å²) in [5.41, 5.74) is 0.296. The van der Waals surface area contributed by atoms with Crippen molar-refractivity contribution in [1.29, 1.82) is 0 Å². The van der Waals surface area contributed by atoms with Crippen molar-refractivity contribution >= 4 is 18.4 Å². The molecular weight excluding hydrogens is 327 g/mol. The second-order valence-corrected chi connectivity index (χ2v) is 5.49. The van der Waals surface area contributed by atoms with Gasteiger partial charge < -0.3 is 9.68 Å². The number of ketones is 1. The van der Waals surface area contributed by atoms with E-state index in [-0.39, 0.29) is 13.0 Å². The number of Topliss-reactive ketones (excluding diaryl/α,β-unsaturated/α-hetero) is 1. The molecule has 1 heterocycles. The Hall–Kier alpha value is -2.19. The summed E-state index contributed by atoms with van der Waals surface area (Å²) in [6.07, 6.45) is -4.86. The monoisotopic (exact) mass is 338 g/mol. The summed E-state index contributed by atoms with van der Waals surface area (Å²) < 4.78 is 56.4. The second kappa shape index (κ2) is 6.03. The molecule has 1 aliphatic heterocycles. The maximum atomic E-state index is 13.8. The van der Waals surface area contributed by atoms with Gasteiger partial charge in [0.05, 0.1) is 17.7 Å². The standard InChI is InChI=1S/C16H11BF4O3/c18-14-7-11(16(19,20)21)3-4-12(14)15(22)6-9-1-2-10-8-24-17(23)13(10)5-9/h1-5,7,23H,6,8H2. The Morgan fingerprint density at radius 2 is 1.96 bits per heavy atom. The number of hydrogen-bond donors (Lipinski definition) is 1. The molecule has 3 nitrogen and oxygen atoms in total. The topological polar surface area (TPSA) is 46.5 Å². The van der Waals surface area contributed by atoms with Crippen molar-refractivity contribution < 1.29 is 32.0 Å². The van der Waals surface area contributed by atoms with Crippen LogP contribution in [0.25, 0.3) is 0 Å². The number of rotatable bonds is 3. The van der Waals surface area contributed by atoms with E-state index in [0.29, 0.717) is 23.2 Å². The smallest absolute Gasteiger partial charge is 0.423 e. The van der Waals surface area contributed by atoms with Gasteiger partial charge in [0.15, 0.2) is 5.78 Å². The number of halogens is 4. The van der Waals surface area contributed by atoms with Crippen LogP contribution in [0.2, 0.25) is 0 Å². The Balaban J connectivity index is 1.82. The molecule has 0 amide bonds. The SMILES string of the molecule is O=C(Cc1ccc2c(c1)B(O)OC2)c1ccc(C(F)(F)F)cc1F. The molecule has 3 rings (SSSR count). The molecule has 0 bridgehead atoms. The third-order valence-electron chi connectivity index (χ3n) is 3.83. The Labute approximate surface area is 135 Å². The van der Waals surface area contributed by atoms with E-state index in [9.17, 15) is 27.4 Å². The average Bonchev–Trinajstić information content (AvgIpc) is 2.87. The number of hydrogen-bond acceptors (Lipinski definition) is 3. The van der Waals surface area contributed by atoms with Gasteiger partial charge in [0.1, 0.15) is 5.82 Å². The van der Waals surface area contributed by atoms with Crippen LogP contribution in [0.5, 0.6) is 0 Å². The maximum Gasteiger partial charge on any atom is 0.491 e. The molecule has 2 aromatic rings. The summed E-state index contributed by atoms with van der Waals surface area (Å²) in [5, 5.41) is 9.63. The first-order valence-corrected chi connectivity index (χ1v) is 7.07. The van der Waals surface area contributed by atoms with Crippen molar-refractivity contribution in [3.8, 4) is 0 Å². The van der Waals surface area contributed by atoms with Gasteiger partial charge in [-0.1, -0.05) is 18.2 Å². The van der Waals surface area contributed by atoms with Gasteiger partial charge in [-0.05, 0) is 34.8 Å². The lowest BCUT2D eigenvalue weighted by Gasteiger charge is -2.09. The van der Waals surface area contributed by atoms with E-state index in [4.69, 9.17) is 4.65 Å². The van der Waals surface area contributed by atoms with Crippen molar-refractivity contribution in [2.45, 2.75) is 19.2 Å². The molecule has 0 radical (unpaired) electrons. The molecule has 1 aliphatic rings. The van der Waals surface area contributed by atoms with E-state index in [1.165, 1.54) is 0 Å². The second-order valence-electron chi connectivity index (χ2n) is 5.49. The van der Waals surface area contributed by atoms with E-state index in [1.54, 1.807) is 18.2 Å². The van der Waals surface area contributed by atoms with Gasteiger partial charge in [-0.15, -0.1) is 0 Å². The lowest BCUT2D eigenvalue weighted by molar-refractivity contribution is -0.137. The zero-order valence-electron chi connectivity index (χ0n) is 12.2. The molecule has 0 aliphatic carbocycles. The minimum atomic E-state index is -4.67. The normalized spacial score (nSPS) is 14.0. The Bertz CT molecular complexity index is 804. The fraction of sp³-hybridized carbons (Fsp3) is 0.188. The van der Waals surface area contributed by atoms with Gasteiger partial charge in [-0.25, -0.2) is 4.39 Å². The molecule has 0 saturated carbocycles. The van der Waals surface area contributed by atoms with Crippen molar-refractivity contribution in [3.05, 3.63) is 64.5 Å². The van der Waals surface area contributed by atoms with Crippen LogP contribution in [0.15, 0.2) is 36.4 Å². The molecule has 1 N–H and O–H groups in total. The fourth-order valence-electron chi connectivity index (χ4n) is 2.57. The number of benzene rings is 2. The highest BCUT2D eigenvalue weighted by Gasteiger charge is 2.32. The minimum Gasteiger partial charge on any atom is -0.423 e. The van der Waals surface area contributed by atoms with E-state index < -0.39 is 36.0 Å². The lowest BCUT2D eigenvalue weighted by Crippen LogP contribution is -2.28. The fourth-order valence-corrected chi connectivity index (χ4v) is 2.57. The maximum absolute atomic E-state index is 13.8. The highest BCUT2D eigenvalue weighted by Crippen LogP contribution is 2.30. The summed E-state index contributed by atoms with van der Waals surface area (Å²) in [7, 11) is -1.07. The van der Waals surface area contributed by atoms with Gasteiger partial charge in [0.25, 0.3) is 0 Å². The van der Waals surface area contributed by atoms with Crippen LogP contribution < -0.4 is 5.46 Å². The molecule has 0 spiro atoms. The Morgan fingerprint density at radius 3 is 2.62 bits per heavy atom. The molecule has 2 aromatic carbocycles. The van der Waals surface area contributed by atoms with E-state index >= 15 is 0 Å². The summed E-state index contributed by atoms with van der Waals surface area (Å²) >= 11 is 0. The van der Waals surface area contributed by atoms with Crippen molar-refractivity contribution in [2.24, 2.45) is 0 Å². The van der Waals surface area contributed by atoms with E-state index in [1.807, 2.05) is 0 Å². The number of fused-ring (bicyclic) bond motifs is 1. The molecule has 0 unspecified atom stereocenters. The lowest BCUT2D eigenvalue weighted by atomic mass is 9.78. The third kappa shape index (κ3) is 3.20. The van der Waals surface area contributed by atoms with Gasteiger partial charge in [0.2, 0.25) is 0 Å². The largest absolute Gasteiger partial charge is 0.491 e. The van der Waals surface area contributed by atoms with Crippen molar-refractivity contribution in [2.75, 3.05) is 0 Å². The molecule has 24 heavy (non-hydrogen) atoms. The van der Waals surface area contributed by atoms with Crippen LogP contribution in [-0.2, 0) is 23.9 Å². The van der Waals surface area contributed by atoms with E-state index in [2.05, 4.69) is 0 Å². The summed E-state index contributed by atoms with van der Waals surface area (Å²) in [6, 6.07) is 6.74. The van der Waals surface area contributed by atoms with Crippen LogP contribution in [0.1, 0.15) is 27.0 Å². The van der Waals surface area contributed by atoms with Gasteiger partial charge in [0, 0.05) is 6.42 Å². The highest BCUT2D eigenvalue weighted by molar-refractivity contribution is 6.61. The predicted molar refractivity (Wildman–Crippen MR) is 78.3 cm³/mol. The zero-order valence-corrected chi connectivity index (χ0v) is 12.2. The van der Waals surface area contributed by atoms with Gasteiger partial charge >= 0.3 is 13.3 Å². The van der Waals surface area contributed by atoms with Gasteiger partial charge in [-0.3, -0.25) is 4.79 Å². The van der Waals surface area contributed by atoms with Crippen LogP contribution in [0.3, 0.4) is 0 Å². The first kappa shape index (κ1) is 16.7. The number of alkyl halides is 3. The molecule has 8 heteroatoms. The van der Waals surface area contributed by atoms with Crippen molar-refractivity contribution in [3.63, 3.8) is 0 Å². The van der Waals surface area contributed by atoms with Crippen LogP contribution in [0, 0.1) is 5.82 Å². The number of carbonyl (C=O) groups excluding carboxylic acids is 1. The first-order chi connectivity index (χ1) is 11.3. The van der Waals surface area contributed by atoms with Gasteiger partial charge in [-0.2, -0.15) is 13.2 Å². The Kier molecular flexibility index (Phi) is 4.19. The summed E-state index contributed by atoms with van der Waals surface area (Å²) in [5.74, 6) is -1.85. The Morgan fingerprint density at radius 1 is 1.21 bits per heavy atom. The minimum absolute atomic E-state index is 0.192. The first-order valence-electron chi connectivity index (χ1n) is 7.07. The summed E-state index contributed by atoms with van der Waals surface area (Å²) in [4.78, 5) is 12.2. The summed E-state index contributed by atoms with van der Waals surface area (Å²) in [6.45, 7) is 0.262. The molecule has 0 saturated heterocycles. The predicted octanol–water partition coefficient (Wildman–Crippen LogP) is 2.49. The van der Waals surface area contributed by atoms with E-state index in [0.717, 1.165) is 11.6 Å². The van der Waals surface area contributed by atoms with Crippen LogP contribution in [-0.4, -0.2) is 17.9 Å². The van der Waals surface area contributed by atoms with Crippen molar-refractivity contribution in [1.82, 2.24) is 0 Å². The molecule has 0 fully saturated rings. The number of carbonyl (C=O) groups is 1.